The Morgan fingerprint density at radius 3 is 2.38 bits per heavy atom. The number of rotatable bonds is 6. The molecule has 0 fully saturated rings. The monoisotopic (exact) mass is 462 g/mol. The molecule has 0 aromatic heterocycles. The fraction of sp³-hybridized carbons (Fsp3) is 0.0800. The van der Waals surface area contributed by atoms with Crippen molar-refractivity contribution in [3.63, 3.8) is 0 Å². The van der Waals surface area contributed by atoms with Crippen molar-refractivity contribution in [2.45, 2.75) is 0 Å². The highest BCUT2D eigenvalue weighted by molar-refractivity contribution is 8.14. The second-order valence-electron chi connectivity index (χ2n) is 6.89. The highest BCUT2D eigenvalue weighted by atomic mass is 35.5. The number of ketones is 1. The molecular weight excluding hydrogens is 444 g/mol. The first-order valence-corrected chi connectivity index (χ1v) is 11.2. The zero-order chi connectivity index (χ0) is 22.5. The minimum absolute atomic E-state index is 0.0672. The summed E-state index contributed by atoms with van der Waals surface area (Å²) >= 11 is 7.14. The van der Waals surface area contributed by atoms with Crippen molar-refractivity contribution in [2.75, 3.05) is 17.8 Å². The summed E-state index contributed by atoms with van der Waals surface area (Å²) in [4.78, 5) is 31.9. The van der Waals surface area contributed by atoms with Crippen molar-refractivity contribution < 1.29 is 14.3 Å². The molecule has 1 aliphatic heterocycles. The molecule has 0 saturated heterocycles. The molecule has 1 aliphatic rings. The highest BCUT2D eigenvalue weighted by Crippen LogP contribution is 2.30. The van der Waals surface area contributed by atoms with E-state index in [1.165, 1.54) is 16.7 Å². The zero-order valence-corrected chi connectivity index (χ0v) is 18.8. The third-order valence-corrected chi connectivity index (χ3v) is 5.95. The summed E-state index contributed by atoms with van der Waals surface area (Å²) in [7, 11) is 1.60. The number of ether oxygens (including phenoxy) is 1. The Kier molecular flexibility index (Phi) is 6.73. The van der Waals surface area contributed by atoms with E-state index in [1.54, 1.807) is 37.5 Å². The number of Topliss-reactive ketones (excluding diaryl/α,β-unsaturated/α-hetero) is 1. The van der Waals surface area contributed by atoms with E-state index >= 15 is 0 Å². The van der Waals surface area contributed by atoms with Crippen molar-refractivity contribution in [2.24, 2.45) is 4.99 Å². The number of para-hydroxylation sites is 1. The van der Waals surface area contributed by atoms with Gasteiger partial charge in [0.15, 0.2) is 11.0 Å². The van der Waals surface area contributed by atoms with Gasteiger partial charge in [-0.2, -0.15) is 0 Å². The van der Waals surface area contributed by atoms with E-state index in [1.807, 2.05) is 54.6 Å². The zero-order valence-electron chi connectivity index (χ0n) is 17.2. The van der Waals surface area contributed by atoms with Gasteiger partial charge in [0.25, 0.3) is 5.91 Å². The molecule has 3 aromatic carbocycles. The van der Waals surface area contributed by atoms with Crippen molar-refractivity contribution in [3.8, 4) is 5.75 Å². The van der Waals surface area contributed by atoms with E-state index < -0.39 is 0 Å². The number of methoxy groups -OCH3 is 1. The van der Waals surface area contributed by atoms with E-state index in [2.05, 4.69) is 4.99 Å². The molecule has 0 saturated carbocycles. The number of nitrogens with zero attached hydrogens (tertiary/aromatic N) is 2. The number of amidine groups is 1. The van der Waals surface area contributed by atoms with Crippen LogP contribution in [0.5, 0.6) is 5.75 Å². The molecule has 0 radical (unpaired) electrons. The van der Waals surface area contributed by atoms with Crippen molar-refractivity contribution >= 4 is 52.0 Å². The SMILES string of the molecule is COc1ccc(/C=C2\N=C(SCC(=O)c3ccc(Cl)cc3)N(c3ccccc3)C2=O)cc1. The molecule has 1 amide bonds. The summed E-state index contributed by atoms with van der Waals surface area (Å²) in [5, 5.41) is 1.03. The number of hydrogen-bond donors (Lipinski definition) is 0. The molecule has 0 spiro atoms. The Morgan fingerprint density at radius 2 is 1.72 bits per heavy atom. The number of hydrogen-bond acceptors (Lipinski definition) is 5. The first-order chi connectivity index (χ1) is 15.5. The van der Waals surface area contributed by atoms with Crippen LogP contribution in [0.4, 0.5) is 5.69 Å². The fourth-order valence-corrected chi connectivity index (χ4v) is 4.14. The number of thioether (sulfide) groups is 1. The molecule has 160 valence electrons. The number of carbonyl (C=O) groups is 2. The number of anilines is 1. The lowest BCUT2D eigenvalue weighted by Gasteiger charge is -2.17. The van der Waals surface area contributed by atoms with Crippen LogP contribution in [0, 0.1) is 0 Å². The standard InChI is InChI=1S/C25H19ClN2O3S/c1-31-21-13-7-17(8-14-21)15-22-24(30)28(20-5-3-2-4-6-20)25(27-22)32-16-23(29)18-9-11-19(26)12-10-18/h2-15H,16H2,1H3/b22-15-. The third kappa shape index (κ3) is 4.93. The second kappa shape index (κ2) is 9.85. The van der Waals surface area contributed by atoms with Crippen LogP contribution in [-0.2, 0) is 4.79 Å². The van der Waals surface area contributed by atoms with Crippen LogP contribution in [-0.4, -0.2) is 29.7 Å². The summed E-state index contributed by atoms with van der Waals surface area (Å²) < 4.78 is 5.18. The predicted octanol–water partition coefficient (Wildman–Crippen LogP) is 5.71. The van der Waals surface area contributed by atoms with Gasteiger partial charge in [-0.1, -0.05) is 53.7 Å². The van der Waals surface area contributed by atoms with Crippen LogP contribution in [0.3, 0.4) is 0 Å². The highest BCUT2D eigenvalue weighted by Gasteiger charge is 2.32. The lowest BCUT2D eigenvalue weighted by atomic mass is 10.1. The van der Waals surface area contributed by atoms with Gasteiger partial charge in [0.1, 0.15) is 11.4 Å². The Hall–Kier alpha value is -3.35. The summed E-state index contributed by atoms with van der Waals surface area (Å²) in [6.07, 6.45) is 1.73. The topological polar surface area (TPSA) is 59.0 Å². The summed E-state index contributed by atoms with van der Waals surface area (Å²) in [6.45, 7) is 0. The minimum Gasteiger partial charge on any atom is -0.497 e. The minimum atomic E-state index is -0.242. The quantitative estimate of drug-likeness (QED) is 0.348. The number of halogens is 1. The average Bonchev–Trinajstić information content (AvgIpc) is 3.13. The molecule has 1 heterocycles. The van der Waals surface area contributed by atoms with Crippen LogP contribution >= 0.6 is 23.4 Å². The van der Waals surface area contributed by atoms with Crippen molar-refractivity contribution in [1.82, 2.24) is 0 Å². The number of carbonyl (C=O) groups excluding carboxylic acids is 2. The summed E-state index contributed by atoms with van der Waals surface area (Å²) in [6, 6.07) is 23.4. The van der Waals surface area contributed by atoms with Crippen LogP contribution in [0.25, 0.3) is 6.08 Å². The Bertz CT molecular complexity index is 1190. The molecule has 0 unspecified atom stereocenters. The molecule has 0 atom stereocenters. The van der Waals surface area contributed by atoms with Crippen molar-refractivity contribution in [3.05, 3.63) is 101 Å². The number of benzene rings is 3. The van der Waals surface area contributed by atoms with Gasteiger partial charge in [0.2, 0.25) is 0 Å². The van der Waals surface area contributed by atoms with Gasteiger partial charge in [-0.05, 0) is 60.2 Å². The van der Waals surface area contributed by atoms with Gasteiger partial charge < -0.3 is 4.74 Å². The lowest BCUT2D eigenvalue weighted by Crippen LogP contribution is -2.30. The average molecular weight is 463 g/mol. The second-order valence-corrected chi connectivity index (χ2v) is 8.27. The van der Waals surface area contributed by atoms with Crippen LogP contribution < -0.4 is 9.64 Å². The van der Waals surface area contributed by atoms with Crippen LogP contribution in [0.15, 0.2) is 89.6 Å². The number of amides is 1. The molecule has 0 N–H and O–H groups in total. The Balaban J connectivity index is 1.60. The van der Waals surface area contributed by atoms with E-state index in [-0.39, 0.29) is 17.4 Å². The van der Waals surface area contributed by atoms with Gasteiger partial charge >= 0.3 is 0 Å². The third-order valence-electron chi connectivity index (χ3n) is 4.76. The normalized spacial score (nSPS) is 14.6. The van der Waals surface area contributed by atoms with E-state index in [0.29, 0.717) is 27.1 Å². The van der Waals surface area contributed by atoms with E-state index in [4.69, 9.17) is 16.3 Å². The lowest BCUT2D eigenvalue weighted by molar-refractivity contribution is -0.113. The van der Waals surface area contributed by atoms with Gasteiger partial charge in [-0.15, -0.1) is 0 Å². The maximum absolute atomic E-state index is 13.2. The molecule has 32 heavy (non-hydrogen) atoms. The Labute approximate surface area is 195 Å². The fourth-order valence-electron chi connectivity index (χ4n) is 3.11. The smallest absolute Gasteiger partial charge is 0.283 e. The predicted molar refractivity (Wildman–Crippen MR) is 131 cm³/mol. The molecule has 5 nitrogen and oxygen atoms in total. The molecule has 0 bridgehead atoms. The summed E-state index contributed by atoms with van der Waals surface area (Å²) in [5.41, 5.74) is 2.39. The molecule has 0 aliphatic carbocycles. The molecule has 3 aromatic rings. The van der Waals surface area contributed by atoms with Gasteiger partial charge in [-0.25, -0.2) is 4.99 Å². The van der Waals surface area contributed by atoms with E-state index in [9.17, 15) is 9.59 Å². The molecule has 7 heteroatoms. The first-order valence-electron chi connectivity index (χ1n) is 9.80. The number of aliphatic imine (C=N–C) groups is 1. The maximum Gasteiger partial charge on any atom is 0.283 e. The largest absolute Gasteiger partial charge is 0.497 e. The molecular formula is C25H19ClN2O3S. The van der Waals surface area contributed by atoms with E-state index in [0.717, 1.165) is 11.3 Å². The summed E-state index contributed by atoms with van der Waals surface area (Å²) in [5.74, 6) is 0.569. The van der Waals surface area contributed by atoms with Crippen molar-refractivity contribution in [1.29, 1.82) is 0 Å². The van der Waals surface area contributed by atoms with Gasteiger partial charge in [0.05, 0.1) is 18.6 Å². The Morgan fingerprint density at radius 1 is 1.03 bits per heavy atom. The van der Waals surface area contributed by atoms with Crippen LogP contribution in [0.1, 0.15) is 15.9 Å². The van der Waals surface area contributed by atoms with Gasteiger partial charge in [-0.3, -0.25) is 14.5 Å². The van der Waals surface area contributed by atoms with Gasteiger partial charge in [0, 0.05) is 10.6 Å². The first kappa shape index (κ1) is 21.9. The van der Waals surface area contributed by atoms with Crippen LogP contribution in [0.2, 0.25) is 5.02 Å². The maximum atomic E-state index is 13.2. The molecule has 4 rings (SSSR count).